The molecule has 1 heterocycles. The quantitative estimate of drug-likeness (QED) is 0.847. The molecule has 0 amide bonds. The predicted octanol–water partition coefficient (Wildman–Crippen LogP) is 3.48. The third-order valence-electron chi connectivity index (χ3n) is 3.52. The molecular weight excluding hydrogens is 266 g/mol. The molecule has 1 N–H and O–H groups in total. The molecule has 1 aromatic carbocycles. The Morgan fingerprint density at radius 3 is 2.52 bits per heavy atom. The van der Waals surface area contributed by atoms with E-state index in [9.17, 15) is 0 Å². The standard InChI is InChI=1S/C16H23N3O2/c1-5-14(18-13-10-17-19(6-2)11-13)12-7-8-15(20-3)16(9-12)21-4/h7-11,14,18H,5-6H2,1-4H3. The van der Waals surface area contributed by atoms with Crippen LogP contribution >= 0.6 is 0 Å². The summed E-state index contributed by atoms with van der Waals surface area (Å²) in [4.78, 5) is 0. The molecule has 5 heteroatoms. The molecule has 2 aromatic rings. The van der Waals surface area contributed by atoms with Crippen LogP contribution in [0.3, 0.4) is 0 Å². The van der Waals surface area contributed by atoms with E-state index >= 15 is 0 Å². The van der Waals surface area contributed by atoms with Crippen molar-refractivity contribution in [2.24, 2.45) is 0 Å². The monoisotopic (exact) mass is 289 g/mol. The van der Waals surface area contributed by atoms with E-state index in [1.54, 1.807) is 14.2 Å². The van der Waals surface area contributed by atoms with Crippen LogP contribution in [0.5, 0.6) is 11.5 Å². The second kappa shape index (κ2) is 7.02. The Labute approximate surface area is 125 Å². The third kappa shape index (κ3) is 3.48. The minimum absolute atomic E-state index is 0.208. The van der Waals surface area contributed by atoms with Gasteiger partial charge in [0.1, 0.15) is 0 Å². The number of nitrogens with zero attached hydrogens (tertiary/aromatic N) is 2. The number of hydrogen-bond acceptors (Lipinski definition) is 4. The van der Waals surface area contributed by atoms with Crippen LogP contribution < -0.4 is 14.8 Å². The van der Waals surface area contributed by atoms with Crippen LogP contribution in [-0.2, 0) is 6.54 Å². The summed E-state index contributed by atoms with van der Waals surface area (Å²) in [6, 6.07) is 6.23. The van der Waals surface area contributed by atoms with Gasteiger partial charge in [-0.25, -0.2) is 0 Å². The summed E-state index contributed by atoms with van der Waals surface area (Å²) < 4.78 is 12.6. The van der Waals surface area contributed by atoms with E-state index in [0.29, 0.717) is 0 Å². The Balaban J connectivity index is 2.20. The van der Waals surface area contributed by atoms with Crippen molar-refractivity contribution in [1.29, 1.82) is 0 Å². The average molecular weight is 289 g/mol. The summed E-state index contributed by atoms with van der Waals surface area (Å²) in [5.41, 5.74) is 2.19. The van der Waals surface area contributed by atoms with Gasteiger partial charge < -0.3 is 14.8 Å². The highest BCUT2D eigenvalue weighted by Gasteiger charge is 2.13. The van der Waals surface area contributed by atoms with Gasteiger partial charge in [0.15, 0.2) is 11.5 Å². The van der Waals surface area contributed by atoms with Crippen molar-refractivity contribution in [3.8, 4) is 11.5 Å². The van der Waals surface area contributed by atoms with Crippen molar-refractivity contribution < 1.29 is 9.47 Å². The highest BCUT2D eigenvalue weighted by molar-refractivity contribution is 5.47. The lowest BCUT2D eigenvalue weighted by Crippen LogP contribution is -2.09. The van der Waals surface area contributed by atoms with Gasteiger partial charge in [0.2, 0.25) is 0 Å². The van der Waals surface area contributed by atoms with Gasteiger partial charge in [0.05, 0.1) is 32.1 Å². The van der Waals surface area contributed by atoms with Crippen molar-refractivity contribution in [1.82, 2.24) is 9.78 Å². The van der Waals surface area contributed by atoms with Gasteiger partial charge in [0, 0.05) is 12.7 Å². The van der Waals surface area contributed by atoms with E-state index < -0.39 is 0 Å². The molecule has 1 unspecified atom stereocenters. The molecule has 0 aliphatic carbocycles. The third-order valence-corrected chi connectivity index (χ3v) is 3.52. The molecule has 21 heavy (non-hydrogen) atoms. The van der Waals surface area contributed by atoms with Crippen LogP contribution in [0, 0.1) is 0 Å². The molecule has 0 saturated heterocycles. The largest absolute Gasteiger partial charge is 0.493 e. The lowest BCUT2D eigenvalue weighted by molar-refractivity contribution is 0.354. The van der Waals surface area contributed by atoms with Crippen LogP contribution in [0.15, 0.2) is 30.6 Å². The predicted molar refractivity (Wildman–Crippen MR) is 84.1 cm³/mol. The highest BCUT2D eigenvalue weighted by Crippen LogP contribution is 2.32. The summed E-state index contributed by atoms with van der Waals surface area (Å²) in [5.74, 6) is 1.49. The SMILES string of the molecule is CCC(Nc1cnn(CC)c1)c1ccc(OC)c(OC)c1. The van der Waals surface area contributed by atoms with Crippen molar-refractivity contribution >= 4 is 5.69 Å². The normalized spacial score (nSPS) is 12.0. The Hall–Kier alpha value is -2.17. The molecule has 0 aliphatic heterocycles. The molecule has 1 atom stereocenters. The topological polar surface area (TPSA) is 48.3 Å². The molecule has 0 spiro atoms. The number of aromatic nitrogens is 2. The molecular formula is C16H23N3O2. The Morgan fingerprint density at radius 2 is 1.95 bits per heavy atom. The molecule has 2 rings (SSSR count). The smallest absolute Gasteiger partial charge is 0.161 e. The fourth-order valence-corrected chi connectivity index (χ4v) is 2.30. The zero-order chi connectivity index (χ0) is 15.2. The molecule has 1 aromatic heterocycles. The van der Waals surface area contributed by atoms with Crippen molar-refractivity contribution in [2.45, 2.75) is 32.9 Å². The second-order valence-electron chi connectivity index (χ2n) is 4.80. The fraction of sp³-hybridized carbons (Fsp3) is 0.438. The van der Waals surface area contributed by atoms with Crippen molar-refractivity contribution in [2.75, 3.05) is 19.5 Å². The molecule has 114 valence electrons. The first-order valence-electron chi connectivity index (χ1n) is 7.22. The van der Waals surface area contributed by atoms with Crippen LogP contribution in [0.4, 0.5) is 5.69 Å². The summed E-state index contributed by atoms with van der Waals surface area (Å²) in [5, 5.41) is 7.80. The van der Waals surface area contributed by atoms with E-state index in [1.807, 2.05) is 29.2 Å². The maximum Gasteiger partial charge on any atom is 0.161 e. The number of ether oxygens (including phenoxy) is 2. The molecule has 0 aliphatic rings. The van der Waals surface area contributed by atoms with Gasteiger partial charge >= 0.3 is 0 Å². The van der Waals surface area contributed by atoms with E-state index in [4.69, 9.17) is 9.47 Å². The van der Waals surface area contributed by atoms with Gasteiger partial charge in [-0.2, -0.15) is 5.10 Å². The van der Waals surface area contributed by atoms with Crippen LogP contribution in [0.1, 0.15) is 31.9 Å². The summed E-state index contributed by atoms with van der Waals surface area (Å²) in [6.07, 6.45) is 4.84. The van der Waals surface area contributed by atoms with Gasteiger partial charge in [-0.15, -0.1) is 0 Å². The maximum atomic E-state index is 5.37. The molecule has 0 fully saturated rings. The van der Waals surface area contributed by atoms with Crippen molar-refractivity contribution in [3.05, 3.63) is 36.2 Å². The number of aryl methyl sites for hydroxylation is 1. The molecule has 5 nitrogen and oxygen atoms in total. The van der Waals surface area contributed by atoms with Crippen molar-refractivity contribution in [3.63, 3.8) is 0 Å². The summed E-state index contributed by atoms with van der Waals surface area (Å²) in [6.45, 7) is 5.09. The summed E-state index contributed by atoms with van der Waals surface area (Å²) >= 11 is 0. The Bertz CT molecular complexity index is 581. The maximum absolute atomic E-state index is 5.37. The molecule has 0 saturated carbocycles. The fourth-order valence-electron chi connectivity index (χ4n) is 2.30. The van der Waals surface area contributed by atoms with E-state index in [0.717, 1.165) is 30.2 Å². The van der Waals surface area contributed by atoms with Gasteiger partial charge in [-0.05, 0) is 31.0 Å². The zero-order valence-corrected chi connectivity index (χ0v) is 13.1. The highest BCUT2D eigenvalue weighted by atomic mass is 16.5. The van der Waals surface area contributed by atoms with Gasteiger partial charge in [-0.1, -0.05) is 13.0 Å². The minimum atomic E-state index is 0.208. The van der Waals surface area contributed by atoms with E-state index in [-0.39, 0.29) is 6.04 Å². The Kier molecular flexibility index (Phi) is 5.09. The second-order valence-corrected chi connectivity index (χ2v) is 4.80. The molecule has 0 bridgehead atoms. The van der Waals surface area contributed by atoms with Crippen LogP contribution in [0.2, 0.25) is 0 Å². The van der Waals surface area contributed by atoms with Crippen LogP contribution in [-0.4, -0.2) is 24.0 Å². The number of benzene rings is 1. The summed E-state index contributed by atoms with van der Waals surface area (Å²) in [7, 11) is 3.30. The van der Waals surface area contributed by atoms with Gasteiger partial charge in [0.25, 0.3) is 0 Å². The van der Waals surface area contributed by atoms with Crippen LogP contribution in [0.25, 0.3) is 0 Å². The number of methoxy groups -OCH3 is 2. The number of nitrogens with one attached hydrogen (secondary N) is 1. The number of hydrogen-bond donors (Lipinski definition) is 1. The zero-order valence-electron chi connectivity index (χ0n) is 13.1. The lowest BCUT2D eigenvalue weighted by Gasteiger charge is -2.19. The first-order chi connectivity index (χ1) is 10.2. The van der Waals surface area contributed by atoms with E-state index in [1.165, 1.54) is 5.56 Å². The number of anilines is 1. The Morgan fingerprint density at radius 1 is 1.19 bits per heavy atom. The first kappa shape index (κ1) is 15.2. The lowest BCUT2D eigenvalue weighted by atomic mass is 10.0. The molecule has 0 radical (unpaired) electrons. The minimum Gasteiger partial charge on any atom is -0.493 e. The first-order valence-corrected chi connectivity index (χ1v) is 7.22. The van der Waals surface area contributed by atoms with E-state index in [2.05, 4.69) is 30.3 Å². The van der Waals surface area contributed by atoms with Gasteiger partial charge in [-0.3, -0.25) is 4.68 Å². The number of rotatable bonds is 7. The average Bonchev–Trinajstić information content (AvgIpc) is 2.99.